The van der Waals surface area contributed by atoms with E-state index < -0.39 is 0 Å². The maximum atomic E-state index is 12.9. The third kappa shape index (κ3) is 2.00. The smallest absolute Gasteiger partial charge is 0.138 e. The summed E-state index contributed by atoms with van der Waals surface area (Å²) in [4.78, 5) is 0.526. The van der Waals surface area contributed by atoms with E-state index in [2.05, 4.69) is 22.6 Å². The van der Waals surface area contributed by atoms with Crippen molar-refractivity contribution in [2.24, 2.45) is 0 Å². The third-order valence-electron chi connectivity index (χ3n) is 1.21. The van der Waals surface area contributed by atoms with Gasteiger partial charge in [0.05, 0.1) is 9.92 Å². The fourth-order valence-electron chi connectivity index (χ4n) is 0.696. The van der Waals surface area contributed by atoms with E-state index in [1.807, 2.05) is 0 Å². The van der Waals surface area contributed by atoms with E-state index in [9.17, 15) is 4.39 Å². The van der Waals surface area contributed by atoms with E-state index in [1.54, 1.807) is 12.3 Å². The lowest BCUT2D eigenvalue weighted by atomic mass is 10.3. The summed E-state index contributed by atoms with van der Waals surface area (Å²) in [5, 5.41) is 0.512. The Morgan fingerprint density at radius 1 is 1.55 bits per heavy atom. The molecule has 1 rings (SSSR count). The van der Waals surface area contributed by atoms with Gasteiger partial charge in [-0.25, -0.2) is 4.39 Å². The van der Waals surface area contributed by atoms with Gasteiger partial charge in [0.1, 0.15) is 5.82 Å². The summed E-state index contributed by atoms with van der Waals surface area (Å²) in [6.45, 7) is 0. The lowest BCUT2D eigenvalue weighted by Crippen LogP contribution is -1.84. The Hall–Kier alpha value is 0.520. The van der Waals surface area contributed by atoms with Crippen molar-refractivity contribution in [2.45, 2.75) is 4.90 Å². The maximum Gasteiger partial charge on any atom is 0.138 e. The van der Waals surface area contributed by atoms with Crippen LogP contribution in [0.2, 0.25) is 5.02 Å². The van der Waals surface area contributed by atoms with Crippen LogP contribution in [0.5, 0.6) is 0 Å². The number of benzene rings is 1. The molecule has 0 bridgehead atoms. The van der Waals surface area contributed by atoms with Gasteiger partial charge in [-0.3, -0.25) is 0 Å². The molecule has 0 fully saturated rings. The minimum Gasteiger partial charge on any atom is -0.206 e. The van der Waals surface area contributed by atoms with Crippen LogP contribution in [-0.2, 0) is 0 Å². The van der Waals surface area contributed by atoms with E-state index in [4.69, 9.17) is 11.6 Å². The zero-order chi connectivity index (χ0) is 8.43. The zero-order valence-corrected chi connectivity index (χ0v) is 9.43. The van der Waals surface area contributed by atoms with Gasteiger partial charge in [0, 0.05) is 3.57 Å². The summed E-state index contributed by atoms with van der Waals surface area (Å²) in [6, 6.07) is 3.09. The van der Waals surface area contributed by atoms with Crippen LogP contribution in [-0.4, -0.2) is 6.26 Å². The predicted octanol–water partition coefficient (Wildman–Crippen LogP) is 3.81. The van der Waals surface area contributed by atoms with Crippen molar-refractivity contribution < 1.29 is 4.39 Å². The lowest BCUT2D eigenvalue weighted by Gasteiger charge is -2.02. The number of rotatable bonds is 1. The van der Waals surface area contributed by atoms with Crippen LogP contribution in [0.15, 0.2) is 17.0 Å². The number of hydrogen-bond donors (Lipinski definition) is 0. The summed E-state index contributed by atoms with van der Waals surface area (Å²) >= 11 is 9.23. The second-order valence-electron chi connectivity index (χ2n) is 1.88. The average molecular weight is 303 g/mol. The van der Waals surface area contributed by atoms with Crippen molar-refractivity contribution >= 4 is 46.0 Å². The SMILES string of the molecule is CSc1c(F)ccc(I)c1Cl. The van der Waals surface area contributed by atoms with Crippen molar-refractivity contribution in [2.75, 3.05) is 6.26 Å². The number of hydrogen-bond acceptors (Lipinski definition) is 1. The van der Waals surface area contributed by atoms with Crippen LogP contribution in [0.3, 0.4) is 0 Å². The minimum atomic E-state index is -0.247. The van der Waals surface area contributed by atoms with Gasteiger partial charge >= 0.3 is 0 Å². The van der Waals surface area contributed by atoms with Crippen molar-refractivity contribution in [1.29, 1.82) is 0 Å². The molecule has 0 heterocycles. The standard InChI is InChI=1S/C7H5ClFIS/c1-11-7-4(9)2-3-5(10)6(7)8/h2-3H,1H3. The molecule has 0 unspecified atom stereocenters. The van der Waals surface area contributed by atoms with Crippen molar-refractivity contribution in [3.63, 3.8) is 0 Å². The molecule has 11 heavy (non-hydrogen) atoms. The highest BCUT2D eigenvalue weighted by atomic mass is 127. The molecule has 1 aromatic carbocycles. The summed E-state index contributed by atoms with van der Waals surface area (Å²) < 4.78 is 13.8. The average Bonchev–Trinajstić information content (AvgIpc) is 1.99. The van der Waals surface area contributed by atoms with Crippen molar-refractivity contribution in [3.8, 4) is 0 Å². The van der Waals surface area contributed by atoms with Gasteiger partial charge in [0.15, 0.2) is 0 Å². The molecular formula is C7H5ClFIS. The van der Waals surface area contributed by atoms with Gasteiger partial charge in [-0.2, -0.15) is 0 Å². The van der Waals surface area contributed by atoms with E-state index in [0.29, 0.717) is 9.92 Å². The second-order valence-corrected chi connectivity index (χ2v) is 4.23. The Morgan fingerprint density at radius 2 is 2.18 bits per heavy atom. The quantitative estimate of drug-likeness (QED) is 0.432. The second kappa shape index (κ2) is 3.96. The van der Waals surface area contributed by atoms with Crippen LogP contribution in [0.1, 0.15) is 0 Å². The van der Waals surface area contributed by atoms with Crippen LogP contribution in [0.25, 0.3) is 0 Å². The third-order valence-corrected chi connectivity index (χ3v) is 3.74. The molecule has 0 saturated heterocycles. The molecule has 0 atom stereocenters. The molecule has 0 aromatic heterocycles. The van der Waals surface area contributed by atoms with Gasteiger partial charge < -0.3 is 0 Å². The first kappa shape index (κ1) is 9.61. The number of halogens is 3. The summed E-state index contributed by atoms with van der Waals surface area (Å²) in [5.41, 5.74) is 0. The molecule has 0 nitrogen and oxygen atoms in total. The Bertz CT molecular complexity index is 277. The first-order valence-electron chi connectivity index (χ1n) is 2.84. The molecule has 0 amide bonds. The molecule has 0 aliphatic heterocycles. The van der Waals surface area contributed by atoms with Gasteiger partial charge in [0.2, 0.25) is 0 Å². The topological polar surface area (TPSA) is 0 Å². The molecule has 1 aromatic rings. The predicted molar refractivity (Wildman–Crippen MR) is 55.9 cm³/mol. The minimum absolute atomic E-state index is 0.247. The van der Waals surface area contributed by atoms with Gasteiger partial charge in [-0.1, -0.05) is 11.6 Å². The van der Waals surface area contributed by atoms with Crippen LogP contribution in [0, 0.1) is 9.39 Å². The van der Waals surface area contributed by atoms with Gasteiger partial charge in [-0.15, -0.1) is 11.8 Å². The van der Waals surface area contributed by atoms with Gasteiger partial charge in [-0.05, 0) is 41.0 Å². The molecule has 0 spiro atoms. The van der Waals surface area contributed by atoms with Gasteiger partial charge in [0.25, 0.3) is 0 Å². The first-order valence-corrected chi connectivity index (χ1v) is 5.52. The molecule has 0 aliphatic carbocycles. The van der Waals surface area contributed by atoms with E-state index in [0.717, 1.165) is 3.57 Å². The summed E-state index contributed by atoms with van der Waals surface area (Å²) in [5.74, 6) is -0.247. The fraction of sp³-hybridized carbons (Fsp3) is 0.143. The molecular weight excluding hydrogens is 297 g/mol. The maximum absolute atomic E-state index is 12.9. The fourth-order valence-corrected chi connectivity index (χ4v) is 2.26. The highest BCUT2D eigenvalue weighted by Crippen LogP contribution is 2.31. The zero-order valence-electron chi connectivity index (χ0n) is 5.70. The molecule has 0 saturated carbocycles. The van der Waals surface area contributed by atoms with Crippen LogP contribution in [0.4, 0.5) is 4.39 Å². The number of thioether (sulfide) groups is 1. The monoisotopic (exact) mass is 302 g/mol. The van der Waals surface area contributed by atoms with Crippen LogP contribution < -0.4 is 0 Å². The van der Waals surface area contributed by atoms with Crippen molar-refractivity contribution in [1.82, 2.24) is 0 Å². The summed E-state index contributed by atoms with van der Waals surface area (Å²) in [6.07, 6.45) is 1.81. The molecule has 0 N–H and O–H groups in total. The molecule has 60 valence electrons. The Labute approximate surface area is 87.7 Å². The van der Waals surface area contributed by atoms with Crippen molar-refractivity contribution in [3.05, 3.63) is 26.5 Å². The van der Waals surface area contributed by atoms with E-state index in [-0.39, 0.29) is 5.82 Å². The Morgan fingerprint density at radius 3 is 2.64 bits per heavy atom. The lowest BCUT2D eigenvalue weighted by molar-refractivity contribution is 0.602. The highest BCUT2D eigenvalue weighted by Gasteiger charge is 2.08. The first-order chi connectivity index (χ1) is 5.16. The summed E-state index contributed by atoms with van der Waals surface area (Å²) in [7, 11) is 0. The van der Waals surface area contributed by atoms with E-state index >= 15 is 0 Å². The van der Waals surface area contributed by atoms with Crippen LogP contribution >= 0.6 is 46.0 Å². The Kier molecular flexibility index (Phi) is 3.46. The molecule has 0 aliphatic rings. The molecule has 4 heteroatoms. The normalized spacial score (nSPS) is 10.2. The molecule has 0 radical (unpaired) electrons. The van der Waals surface area contributed by atoms with E-state index in [1.165, 1.54) is 17.8 Å². The highest BCUT2D eigenvalue weighted by molar-refractivity contribution is 14.1. The largest absolute Gasteiger partial charge is 0.206 e. The Balaban J connectivity index is 3.29.